The second-order valence-corrected chi connectivity index (χ2v) is 10.7. The number of rotatable bonds is 6. The van der Waals surface area contributed by atoms with Crippen molar-refractivity contribution in [2.75, 3.05) is 26.2 Å². The van der Waals surface area contributed by atoms with Crippen LogP contribution in [0.25, 0.3) is 22.9 Å². The van der Waals surface area contributed by atoms with Gasteiger partial charge in [0.1, 0.15) is 6.07 Å². The minimum absolute atomic E-state index is 0.279. The molecule has 0 aliphatic carbocycles. The number of alkyl halides is 2. The first-order valence-electron chi connectivity index (χ1n) is 13.1. The van der Waals surface area contributed by atoms with Crippen LogP contribution in [0.5, 0.6) is 0 Å². The second kappa shape index (κ2) is 11.3. The number of piperidine rings is 1. The fraction of sp³-hybridized carbons (Fsp3) is 0.333. The molecule has 0 saturated carbocycles. The Balaban J connectivity index is 1.30. The van der Waals surface area contributed by atoms with Crippen LogP contribution in [0.4, 0.5) is 8.78 Å². The Morgan fingerprint density at radius 2 is 1.82 bits per heavy atom. The van der Waals surface area contributed by atoms with Crippen molar-refractivity contribution in [3.63, 3.8) is 0 Å². The number of halogens is 3. The molecule has 1 unspecified atom stereocenters. The summed E-state index contributed by atoms with van der Waals surface area (Å²) in [5.74, 6) is -4.46. The number of nitriles is 1. The van der Waals surface area contributed by atoms with Gasteiger partial charge in [0.25, 0.3) is 11.8 Å². The Kier molecular flexibility index (Phi) is 7.83. The maximum Gasteiger partial charge on any atom is 0.270 e. The molecule has 1 N–H and O–H groups in total. The Bertz CT molecular complexity index is 1520. The number of fused-ring (bicyclic) bond motifs is 1. The molecule has 206 valence electrons. The topological polar surface area (TPSA) is 89.3 Å². The van der Waals surface area contributed by atoms with E-state index < -0.39 is 42.9 Å². The van der Waals surface area contributed by atoms with E-state index in [0.717, 1.165) is 40.5 Å². The van der Waals surface area contributed by atoms with E-state index in [1.165, 1.54) is 18.5 Å². The van der Waals surface area contributed by atoms with Gasteiger partial charge in [0.2, 0.25) is 5.91 Å². The molecule has 2 aliphatic rings. The molecule has 1 atom stereocenters. The largest absolute Gasteiger partial charge is 0.343 e. The van der Waals surface area contributed by atoms with Crippen LogP contribution in [0, 0.1) is 11.3 Å². The highest BCUT2D eigenvalue weighted by molar-refractivity contribution is 6.31. The van der Waals surface area contributed by atoms with Crippen molar-refractivity contribution in [2.24, 2.45) is 0 Å². The zero-order valence-corrected chi connectivity index (χ0v) is 22.5. The average Bonchev–Trinajstić information content (AvgIpc) is 3.27. The quantitative estimate of drug-likeness (QED) is 0.436. The first-order valence-corrected chi connectivity index (χ1v) is 13.5. The van der Waals surface area contributed by atoms with E-state index in [1.807, 2.05) is 48.5 Å². The smallest absolute Gasteiger partial charge is 0.270 e. The molecule has 10 heteroatoms. The number of carbonyl (C=O) groups is 2. The van der Waals surface area contributed by atoms with Gasteiger partial charge in [0.15, 0.2) is 5.66 Å². The first-order chi connectivity index (χ1) is 19.2. The Morgan fingerprint density at radius 1 is 1.07 bits per heavy atom. The van der Waals surface area contributed by atoms with Crippen LogP contribution in [0.1, 0.15) is 47.2 Å². The summed E-state index contributed by atoms with van der Waals surface area (Å²) in [5, 5.41) is 15.2. The van der Waals surface area contributed by atoms with E-state index in [9.17, 15) is 23.6 Å². The molecule has 1 aromatic heterocycles. The molecular weight excluding hydrogens is 536 g/mol. The van der Waals surface area contributed by atoms with Crippen LogP contribution in [0.15, 0.2) is 54.9 Å². The van der Waals surface area contributed by atoms with Crippen molar-refractivity contribution < 1.29 is 18.4 Å². The van der Waals surface area contributed by atoms with E-state index in [-0.39, 0.29) is 5.56 Å². The van der Waals surface area contributed by atoms with Crippen molar-refractivity contribution in [2.45, 2.75) is 37.3 Å². The summed E-state index contributed by atoms with van der Waals surface area (Å²) in [7, 11) is 0. The molecule has 3 aromatic rings. The van der Waals surface area contributed by atoms with E-state index in [2.05, 4.69) is 10.3 Å². The fourth-order valence-corrected chi connectivity index (χ4v) is 5.68. The molecule has 2 saturated heterocycles. The van der Waals surface area contributed by atoms with Crippen LogP contribution >= 0.6 is 11.6 Å². The van der Waals surface area contributed by atoms with Gasteiger partial charge in [0, 0.05) is 41.6 Å². The third kappa shape index (κ3) is 5.69. The number of benzene rings is 2. The molecule has 0 radical (unpaired) electrons. The molecule has 7 nitrogen and oxygen atoms in total. The van der Waals surface area contributed by atoms with Gasteiger partial charge in [-0.25, -0.2) is 8.78 Å². The third-order valence-electron chi connectivity index (χ3n) is 7.48. The van der Waals surface area contributed by atoms with Gasteiger partial charge in [-0.15, -0.1) is 0 Å². The normalized spacial score (nSPS) is 21.0. The lowest BCUT2D eigenvalue weighted by molar-refractivity contribution is -0.139. The number of nitrogens with one attached hydrogen (secondary N) is 1. The molecule has 40 heavy (non-hydrogen) atoms. The van der Waals surface area contributed by atoms with E-state index in [1.54, 1.807) is 11.0 Å². The molecular formula is C30H28ClF2N5O2. The standard InChI is InChI=1S/C30H28ClF2N5O2/c31-25-9-8-22-14-21(4-6-23(22)15-25)5-7-24-16-35-11-10-26(24)28(40)36-17-27(39)38-20-29(32,33)18-30(38,19-34)37-12-2-1-3-13-37/h4-11,14-16H,1-3,12-13,17-18,20H2,(H,36,40)/b7-5+. The predicted molar refractivity (Wildman–Crippen MR) is 150 cm³/mol. The lowest BCUT2D eigenvalue weighted by atomic mass is 10.0. The number of hydrogen-bond donors (Lipinski definition) is 1. The van der Waals surface area contributed by atoms with Gasteiger partial charge in [-0.1, -0.05) is 48.4 Å². The second-order valence-electron chi connectivity index (χ2n) is 10.2. The number of likely N-dealkylation sites (tertiary alicyclic amines) is 2. The molecule has 0 spiro atoms. The van der Waals surface area contributed by atoms with Crippen molar-refractivity contribution in [3.8, 4) is 6.07 Å². The van der Waals surface area contributed by atoms with Gasteiger partial charge in [-0.2, -0.15) is 5.26 Å². The third-order valence-corrected chi connectivity index (χ3v) is 7.71. The maximum absolute atomic E-state index is 14.6. The number of aromatic nitrogens is 1. The lowest BCUT2D eigenvalue weighted by Crippen LogP contribution is -2.60. The number of hydrogen-bond acceptors (Lipinski definition) is 5. The molecule has 5 rings (SSSR count). The fourth-order valence-electron chi connectivity index (χ4n) is 5.50. The number of carbonyl (C=O) groups excluding carboxylic acids is 2. The Labute approximate surface area is 236 Å². The number of pyridine rings is 1. The summed E-state index contributed by atoms with van der Waals surface area (Å²) in [6.07, 6.45) is 8.36. The van der Waals surface area contributed by atoms with Crippen molar-refractivity contribution in [1.82, 2.24) is 20.1 Å². The highest BCUT2D eigenvalue weighted by atomic mass is 35.5. The van der Waals surface area contributed by atoms with E-state index in [0.29, 0.717) is 23.7 Å². The van der Waals surface area contributed by atoms with Crippen LogP contribution in [-0.4, -0.2) is 64.4 Å². The van der Waals surface area contributed by atoms with Crippen LogP contribution in [-0.2, 0) is 4.79 Å². The van der Waals surface area contributed by atoms with Crippen LogP contribution in [0.2, 0.25) is 5.02 Å². The summed E-state index contributed by atoms with van der Waals surface area (Å²) < 4.78 is 29.1. The first kappa shape index (κ1) is 27.7. The van der Waals surface area contributed by atoms with Gasteiger partial charge in [-0.05, 0) is 53.4 Å². The van der Waals surface area contributed by atoms with Crippen LogP contribution < -0.4 is 5.32 Å². The molecule has 3 heterocycles. The average molecular weight is 564 g/mol. The van der Waals surface area contributed by atoms with Crippen molar-refractivity contribution in [1.29, 1.82) is 5.26 Å². The van der Waals surface area contributed by atoms with Gasteiger partial charge >= 0.3 is 0 Å². The predicted octanol–water partition coefficient (Wildman–Crippen LogP) is 5.36. The summed E-state index contributed by atoms with van der Waals surface area (Å²) in [5.41, 5.74) is -0.0145. The minimum Gasteiger partial charge on any atom is -0.343 e. The highest BCUT2D eigenvalue weighted by Crippen LogP contribution is 2.42. The number of amides is 2. The zero-order valence-electron chi connectivity index (χ0n) is 21.7. The van der Waals surface area contributed by atoms with Crippen LogP contribution in [0.3, 0.4) is 0 Å². The van der Waals surface area contributed by atoms with Gasteiger partial charge in [0.05, 0.1) is 19.5 Å². The monoisotopic (exact) mass is 563 g/mol. The lowest BCUT2D eigenvalue weighted by Gasteiger charge is -2.43. The number of nitrogens with zero attached hydrogens (tertiary/aromatic N) is 4. The van der Waals surface area contributed by atoms with Crippen molar-refractivity contribution >= 4 is 46.3 Å². The van der Waals surface area contributed by atoms with Crippen molar-refractivity contribution in [3.05, 3.63) is 76.6 Å². The molecule has 2 fully saturated rings. The summed E-state index contributed by atoms with van der Waals surface area (Å²) in [6, 6.07) is 15.1. The van der Waals surface area contributed by atoms with E-state index in [4.69, 9.17) is 11.6 Å². The summed E-state index contributed by atoms with van der Waals surface area (Å²) >= 11 is 6.07. The Hall–Kier alpha value is -3.87. The molecule has 2 amide bonds. The summed E-state index contributed by atoms with van der Waals surface area (Å²) in [6.45, 7) is -0.424. The maximum atomic E-state index is 14.6. The minimum atomic E-state index is -3.19. The molecule has 0 bridgehead atoms. The zero-order chi connectivity index (χ0) is 28.3. The van der Waals surface area contributed by atoms with Gasteiger partial charge in [-0.3, -0.25) is 19.5 Å². The molecule has 2 aromatic carbocycles. The van der Waals surface area contributed by atoms with Gasteiger partial charge < -0.3 is 10.2 Å². The molecule has 2 aliphatic heterocycles. The van der Waals surface area contributed by atoms with E-state index >= 15 is 0 Å². The summed E-state index contributed by atoms with van der Waals surface area (Å²) in [4.78, 5) is 33.0. The SMILES string of the molecule is N#CC1(N2CCCCC2)CC(F)(F)CN1C(=O)CNC(=O)c1ccncc1/C=C/c1ccc2cc(Cl)ccc2c1. The Morgan fingerprint density at radius 3 is 2.60 bits per heavy atom. The highest BCUT2D eigenvalue weighted by Gasteiger charge is 2.60.